The Hall–Kier alpha value is -5.89. The number of aliphatic carboxylic acids is 3. The number of nitrogens with zero attached hydrogens (tertiary/aromatic N) is 5. The number of benzene rings is 2. The first-order valence-corrected chi connectivity index (χ1v) is 17.4. The third kappa shape index (κ3) is 15.0. The second kappa shape index (κ2) is 21.4. The molecule has 5 N–H and O–H groups in total. The smallest absolute Gasteiger partial charge is 0.475 e. The van der Waals surface area contributed by atoms with Gasteiger partial charge in [-0.25, -0.2) is 19.4 Å². The average Bonchev–Trinajstić information content (AvgIpc) is 3.51. The summed E-state index contributed by atoms with van der Waals surface area (Å²) in [4.78, 5) is 49.0. The first kappa shape index (κ1) is 52.1. The predicted molar refractivity (Wildman–Crippen MR) is 194 cm³/mol. The molecule has 60 heavy (non-hydrogen) atoms. The molecular formula is C37H43F9N6O8. The Balaban J connectivity index is 0.000000702. The molecule has 2 aromatic carbocycles. The zero-order chi connectivity index (χ0) is 46.4. The van der Waals surface area contributed by atoms with E-state index < -0.39 is 47.4 Å². The molecule has 14 nitrogen and oxygen atoms in total. The SMILES string of the molecule is CCC1(c2cccc(Oc3cc(C(C)(N)c4cncn4C)ccc3C#N)c2)CCCCN(CCN(C)C)C1=O.O=C(O)C(F)(F)F.O=C(O)C(F)(F)F.O=C(O)C(F)(F)F. The number of nitrogens with two attached hydrogens (primary N) is 1. The van der Waals surface area contributed by atoms with Gasteiger partial charge in [0, 0.05) is 26.7 Å². The fraction of sp³-hybridized carbons (Fsp3) is 0.459. The quantitative estimate of drug-likeness (QED) is 0.172. The maximum absolute atomic E-state index is 14.0. The van der Waals surface area contributed by atoms with Gasteiger partial charge >= 0.3 is 36.4 Å². The molecule has 3 aromatic rings. The van der Waals surface area contributed by atoms with Gasteiger partial charge in [0.1, 0.15) is 17.6 Å². The predicted octanol–water partition coefficient (Wildman–Crippen LogP) is 6.43. The molecule has 1 aliphatic rings. The van der Waals surface area contributed by atoms with Crippen LogP contribution in [0.2, 0.25) is 0 Å². The van der Waals surface area contributed by atoms with Gasteiger partial charge < -0.3 is 40.2 Å². The van der Waals surface area contributed by atoms with Crippen LogP contribution in [0.1, 0.15) is 61.9 Å². The van der Waals surface area contributed by atoms with Gasteiger partial charge in [-0.3, -0.25) is 4.79 Å². The maximum atomic E-state index is 14.0. The van der Waals surface area contributed by atoms with E-state index in [0.717, 1.165) is 55.7 Å². The molecule has 0 bridgehead atoms. The number of carbonyl (C=O) groups is 4. The number of halogens is 9. The molecule has 2 atom stereocenters. The van der Waals surface area contributed by atoms with Crippen LogP contribution in [0.4, 0.5) is 39.5 Å². The summed E-state index contributed by atoms with van der Waals surface area (Å²) in [5.74, 6) is -7.06. The molecule has 1 fully saturated rings. The van der Waals surface area contributed by atoms with Crippen LogP contribution in [0.15, 0.2) is 55.0 Å². The number of aryl methyl sites for hydroxylation is 1. The van der Waals surface area contributed by atoms with E-state index in [2.05, 4.69) is 22.9 Å². The standard InChI is InChI=1S/C31H40N6O2.3C2HF3O2/c1-6-31(14-7-8-15-37(29(31)38)17-16-35(3)4)25-10-9-11-26(18-25)39-27-19-24(13-12-23(27)20-32)30(2,33)28-21-34-22-36(28)5;3*3-2(4,5)1(6)7/h9-13,18-19,21-22H,6-8,14-17,33H2,1-5H3;3*(H,6,7). The van der Waals surface area contributed by atoms with Crippen molar-refractivity contribution < 1.29 is 78.7 Å². The Kier molecular flexibility index (Phi) is 18.6. The Bertz CT molecular complexity index is 1920. The Morgan fingerprint density at radius 3 is 1.90 bits per heavy atom. The van der Waals surface area contributed by atoms with Gasteiger partial charge in [0.15, 0.2) is 0 Å². The number of alkyl halides is 9. The molecule has 2 heterocycles. The number of amides is 1. The van der Waals surface area contributed by atoms with Crippen LogP contribution in [0.25, 0.3) is 0 Å². The highest BCUT2D eigenvalue weighted by Gasteiger charge is 2.43. The van der Waals surface area contributed by atoms with Gasteiger partial charge in [0.2, 0.25) is 5.91 Å². The Labute approximate surface area is 337 Å². The van der Waals surface area contributed by atoms with Gasteiger partial charge in [0.25, 0.3) is 0 Å². The summed E-state index contributed by atoms with van der Waals surface area (Å²) in [6.45, 7) is 6.36. The van der Waals surface area contributed by atoms with Gasteiger partial charge in [-0.05, 0) is 75.7 Å². The van der Waals surface area contributed by atoms with E-state index in [-0.39, 0.29) is 5.91 Å². The first-order chi connectivity index (χ1) is 27.4. The van der Waals surface area contributed by atoms with Crippen molar-refractivity contribution in [3.05, 3.63) is 77.4 Å². The van der Waals surface area contributed by atoms with Crippen LogP contribution >= 0.6 is 0 Å². The number of aromatic nitrogens is 2. The van der Waals surface area contributed by atoms with Crippen molar-refractivity contribution in [1.29, 1.82) is 5.26 Å². The van der Waals surface area contributed by atoms with E-state index in [1.165, 1.54) is 0 Å². The van der Waals surface area contributed by atoms with Crippen molar-refractivity contribution in [3.63, 3.8) is 0 Å². The molecule has 0 saturated carbocycles. The fourth-order valence-electron chi connectivity index (χ4n) is 5.59. The first-order valence-electron chi connectivity index (χ1n) is 17.4. The van der Waals surface area contributed by atoms with Crippen LogP contribution in [0, 0.1) is 11.3 Å². The minimum Gasteiger partial charge on any atom is -0.475 e. The van der Waals surface area contributed by atoms with E-state index in [1.807, 2.05) is 73.9 Å². The number of likely N-dealkylation sites (tertiary alicyclic amines) is 1. The van der Waals surface area contributed by atoms with Gasteiger partial charge in [-0.15, -0.1) is 0 Å². The number of hydrogen-bond acceptors (Lipinski definition) is 9. The van der Waals surface area contributed by atoms with Crippen LogP contribution < -0.4 is 10.5 Å². The summed E-state index contributed by atoms with van der Waals surface area (Å²) < 4.78 is 103. The van der Waals surface area contributed by atoms with Crippen molar-refractivity contribution in [2.24, 2.45) is 12.8 Å². The van der Waals surface area contributed by atoms with E-state index >= 15 is 0 Å². The van der Waals surface area contributed by atoms with Crippen molar-refractivity contribution >= 4 is 23.8 Å². The molecule has 0 radical (unpaired) electrons. The molecule has 23 heteroatoms. The Morgan fingerprint density at radius 2 is 1.47 bits per heavy atom. The number of carboxylic acid groups (broad SMARTS) is 3. The van der Waals surface area contributed by atoms with Gasteiger partial charge in [-0.1, -0.05) is 31.5 Å². The second-order valence-electron chi connectivity index (χ2n) is 13.4. The van der Waals surface area contributed by atoms with Crippen LogP contribution in [-0.4, -0.2) is 111 Å². The summed E-state index contributed by atoms with van der Waals surface area (Å²) in [6.07, 6.45) is -8.27. The van der Waals surface area contributed by atoms with Crippen LogP contribution in [-0.2, 0) is 37.2 Å². The van der Waals surface area contributed by atoms with E-state index in [0.29, 0.717) is 23.5 Å². The molecular weight excluding hydrogens is 827 g/mol. The van der Waals surface area contributed by atoms with Crippen LogP contribution in [0.5, 0.6) is 11.5 Å². The molecule has 0 aliphatic carbocycles. The summed E-state index contributed by atoms with van der Waals surface area (Å²) >= 11 is 0. The normalized spacial score (nSPS) is 16.6. The second-order valence-corrected chi connectivity index (χ2v) is 13.4. The van der Waals surface area contributed by atoms with Crippen molar-refractivity contribution in [2.45, 2.75) is 69.0 Å². The van der Waals surface area contributed by atoms with E-state index in [4.69, 9.17) is 40.2 Å². The number of nitriles is 1. The number of rotatable bonds is 9. The van der Waals surface area contributed by atoms with Crippen molar-refractivity contribution in [1.82, 2.24) is 19.4 Å². The maximum Gasteiger partial charge on any atom is 0.490 e. The molecule has 4 rings (SSSR count). The van der Waals surface area contributed by atoms with Gasteiger partial charge in [-0.2, -0.15) is 44.8 Å². The highest BCUT2D eigenvalue weighted by molar-refractivity contribution is 5.88. The highest BCUT2D eigenvalue weighted by atomic mass is 19.4. The summed E-state index contributed by atoms with van der Waals surface area (Å²) in [7, 11) is 5.97. The molecule has 1 aliphatic heterocycles. The summed E-state index contributed by atoms with van der Waals surface area (Å²) in [5, 5.41) is 31.2. The molecule has 2 unspecified atom stereocenters. The lowest BCUT2D eigenvalue weighted by molar-refractivity contribution is -0.193. The lowest BCUT2D eigenvalue weighted by Crippen LogP contribution is -2.47. The zero-order valence-corrected chi connectivity index (χ0v) is 32.7. The van der Waals surface area contributed by atoms with Crippen molar-refractivity contribution in [2.75, 3.05) is 33.7 Å². The molecule has 0 spiro atoms. The zero-order valence-electron chi connectivity index (χ0n) is 32.7. The fourth-order valence-corrected chi connectivity index (χ4v) is 5.59. The number of imidazole rings is 1. The molecule has 1 amide bonds. The minimum absolute atomic E-state index is 0.191. The monoisotopic (exact) mass is 870 g/mol. The van der Waals surface area contributed by atoms with E-state index in [1.54, 1.807) is 18.6 Å². The van der Waals surface area contributed by atoms with Crippen molar-refractivity contribution in [3.8, 4) is 17.6 Å². The lowest BCUT2D eigenvalue weighted by atomic mass is 9.73. The molecule has 332 valence electrons. The summed E-state index contributed by atoms with van der Waals surface area (Å²) in [5.41, 5.74) is 8.33. The number of likely N-dealkylation sites (N-methyl/N-ethyl adjacent to an activating group) is 1. The lowest BCUT2D eigenvalue weighted by Gasteiger charge is -2.35. The number of ether oxygens (including phenoxy) is 1. The Morgan fingerprint density at radius 1 is 0.933 bits per heavy atom. The number of carbonyl (C=O) groups excluding carboxylic acids is 1. The number of hydrogen-bond donors (Lipinski definition) is 4. The topological polar surface area (TPSA) is 212 Å². The average molecular weight is 871 g/mol. The van der Waals surface area contributed by atoms with Crippen LogP contribution in [0.3, 0.4) is 0 Å². The largest absolute Gasteiger partial charge is 0.490 e. The minimum atomic E-state index is -5.08. The van der Waals surface area contributed by atoms with E-state index in [9.17, 15) is 49.6 Å². The highest BCUT2D eigenvalue weighted by Crippen LogP contribution is 2.40. The third-order valence-corrected chi connectivity index (χ3v) is 8.79. The van der Waals surface area contributed by atoms with Gasteiger partial charge in [0.05, 0.1) is 34.7 Å². The number of carboxylic acids is 3. The summed E-state index contributed by atoms with van der Waals surface area (Å²) in [6, 6.07) is 15.5. The molecule has 1 aromatic heterocycles. The molecule has 1 saturated heterocycles. The third-order valence-electron chi connectivity index (χ3n) is 8.79.